The number of nitrogens with two attached hydrogens (primary N) is 1. The minimum atomic E-state index is -3.86. The van der Waals surface area contributed by atoms with E-state index in [1.54, 1.807) is 13.8 Å². The highest BCUT2D eigenvalue weighted by molar-refractivity contribution is 7.90. The van der Waals surface area contributed by atoms with Crippen molar-refractivity contribution in [2.45, 2.75) is 54.9 Å². The highest BCUT2D eigenvalue weighted by atomic mass is 35.5. The van der Waals surface area contributed by atoms with Gasteiger partial charge in [-0.25, -0.2) is 21.6 Å². The number of rotatable bonds is 6. The molecule has 0 atom stereocenters. The lowest BCUT2D eigenvalue weighted by atomic mass is 10.1. The summed E-state index contributed by atoms with van der Waals surface area (Å²) in [5, 5.41) is 0. The predicted octanol–water partition coefficient (Wildman–Crippen LogP) is 1.69. The Morgan fingerprint density at radius 1 is 1.04 bits per heavy atom. The molecule has 1 aliphatic rings. The zero-order chi connectivity index (χ0) is 18.7. The van der Waals surface area contributed by atoms with Crippen molar-refractivity contribution in [2.24, 2.45) is 5.73 Å². The molecular formula is C16H28ClN3O4S2. The van der Waals surface area contributed by atoms with Gasteiger partial charge >= 0.3 is 0 Å². The maximum Gasteiger partial charge on any atom is 0.243 e. The Kier molecular flexibility index (Phi) is 8.06. The van der Waals surface area contributed by atoms with Crippen LogP contribution in [0.15, 0.2) is 34.1 Å². The molecule has 150 valence electrons. The average molecular weight is 426 g/mol. The predicted molar refractivity (Wildman–Crippen MR) is 104 cm³/mol. The number of benzene rings is 1. The van der Waals surface area contributed by atoms with Gasteiger partial charge in [-0.2, -0.15) is 4.31 Å². The van der Waals surface area contributed by atoms with Crippen LogP contribution in [-0.4, -0.2) is 46.3 Å². The van der Waals surface area contributed by atoms with E-state index in [1.807, 2.05) is 0 Å². The lowest BCUT2D eigenvalue weighted by Gasteiger charge is -2.24. The molecular weight excluding hydrogens is 398 g/mol. The first-order chi connectivity index (χ1) is 11.6. The van der Waals surface area contributed by atoms with Crippen molar-refractivity contribution in [1.82, 2.24) is 9.03 Å². The van der Waals surface area contributed by atoms with E-state index in [0.717, 1.165) is 25.7 Å². The summed E-state index contributed by atoms with van der Waals surface area (Å²) in [6, 6.07) is 5.49. The number of hydrogen-bond acceptors (Lipinski definition) is 5. The van der Waals surface area contributed by atoms with Gasteiger partial charge in [0.15, 0.2) is 0 Å². The SMILES string of the molecule is CC(C)(CN)NS(=O)(=O)c1cccc(S(=O)(=O)N2CCCCCC2)c1.Cl. The number of nitrogens with zero attached hydrogens (tertiary/aromatic N) is 1. The molecule has 0 radical (unpaired) electrons. The molecule has 7 nitrogen and oxygen atoms in total. The van der Waals surface area contributed by atoms with Gasteiger partial charge in [0.05, 0.1) is 9.79 Å². The normalized spacial score (nSPS) is 17.3. The molecule has 0 spiro atoms. The van der Waals surface area contributed by atoms with E-state index in [9.17, 15) is 16.8 Å². The van der Waals surface area contributed by atoms with Crippen LogP contribution in [0.5, 0.6) is 0 Å². The van der Waals surface area contributed by atoms with E-state index in [4.69, 9.17) is 5.73 Å². The molecule has 0 amide bonds. The van der Waals surface area contributed by atoms with Crippen LogP contribution < -0.4 is 10.5 Å². The summed E-state index contributed by atoms with van der Waals surface area (Å²) in [4.78, 5) is -0.0762. The molecule has 1 fully saturated rings. The summed E-state index contributed by atoms with van der Waals surface area (Å²) in [7, 11) is -7.56. The van der Waals surface area contributed by atoms with Crippen molar-refractivity contribution < 1.29 is 16.8 Å². The van der Waals surface area contributed by atoms with Gasteiger partial charge in [0, 0.05) is 25.2 Å². The first kappa shape index (κ1) is 23.3. The van der Waals surface area contributed by atoms with Crippen LogP contribution in [-0.2, 0) is 20.0 Å². The summed E-state index contributed by atoms with van der Waals surface area (Å²) in [5.74, 6) is 0. The Hall–Kier alpha value is -0.710. The van der Waals surface area contributed by atoms with Crippen molar-refractivity contribution in [2.75, 3.05) is 19.6 Å². The minimum absolute atomic E-state index is 0. The fraction of sp³-hybridized carbons (Fsp3) is 0.625. The molecule has 0 aliphatic carbocycles. The first-order valence-electron chi connectivity index (χ1n) is 8.43. The van der Waals surface area contributed by atoms with E-state index < -0.39 is 25.6 Å². The molecule has 1 heterocycles. The molecule has 0 unspecified atom stereocenters. The quantitative estimate of drug-likeness (QED) is 0.720. The topological polar surface area (TPSA) is 110 Å². The molecule has 1 aromatic rings. The second kappa shape index (κ2) is 8.99. The van der Waals surface area contributed by atoms with Crippen molar-refractivity contribution >= 4 is 32.5 Å². The van der Waals surface area contributed by atoms with Crippen LogP contribution in [0.3, 0.4) is 0 Å². The standard InChI is InChI=1S/C16H27N3O4S2.ClH/c1-16(2,13-17)18-24(20,21)14-8-7-9-15(12-14)25(22,23)19-10-5-3-4-6-11-19;/h7-9,12,18H,3-6,10-11,13,17H2,1-2H3;1H. The monoisotopic (exact) mass is 425 g/mol. The lowest BCUT2D eigenvalue weighted by Crippen LogP contribution is -2.48. The van der Waals surface area contributed by atoms with E-state index >= 15 is 0 Å². The van der Waals surface area contributed by atoms with Crippen molar-refractivity contribution in [3.63, 3.8) is 0 Å². The summed E-state index contributed by atoms with van der Waals surface area (Å²) >= 11 is 0. The van der Waals surface area contributed by atoms with Crippen molar-refractivity contribution in [1.29, 1.82) is 0 Å². The van der Waals surface area contributed by atoms with Gasteiger partial charge in [0.25, 0.3) is 0 Å². The van der Waals surface area contributed by atoms with Crippen LogP contribution in [0.4, 0.5) is 0 Å². The number of nitrogens with one attached hydrogen (secondary N) is 1. The highest BCUT2D eigenvalue weighted by Crippen LogP contribution is 2.23. The number of sulfonamides is 2. The average Bonchev–Trinajstić information content (AvgIpc) is 2.84. The Morgan fingerprint density at radius 3 is 2.12 bits per heavy atom. The molecule has 1 saturated heterocycles. The van der Waals surface area contributed by atoms with Crippen LogP contribution in [0.1, 0.15) is 39.5 Å². The van der Waals surface area contributed by atoms with E-state index in [1.165, 1.54) is 28.6 Å². The van der Waals surface area contributed by atoms with Gasteiger partial charge in [-0.3, -0.25) is 0 Å². The molecule has 0 bridgehead atoms. The third-order valence-electron chi connectivity index (χ3n) is 4.24. The molecule has 2 rings (SSSR count). The second-order valence-corrected chi connectivity index (χ2v) is 10.6. The fourth-order valence-electron chi connectivity index (χ4n) is 2.70. The van der Waals surface area contributed by atoms with E-state index in [-0.39, 0.29) is 28.7 Å². The molecule has 1 aromatic carbocycles. The molecule has 3 N–H and O–H groups in total. The van der Waals surface area contributed by atoms with Crippen LogP contribution >= 0.6 is 12.4 Å². The Labute approximate surface area is 162 Å². The maximum atomic E-state index is 12.9. The van der Waals surface area contributed by atoms with E-state index in [0.29, 0.717) is 13.1 Å². The highest BCUT2D eigenvalue weighted by Gasteiger charge is 2.29. The second-order valence-electron chi connectivity index (χ2n) is 6.99. The molecule has 10 heteroatoms. The van der Waals surface area contributed by atoms with Gasteiger partial charge < -0.3 is 5.73 Å². The zero-order valence-corrected chi connectivity index (χ0v) is 17.6. The first-order valence-corrected chi connectivity index (χ1v) is 11.4. The Morgan fingerprint density at radius 2 is 1.58 bits per heavy atom. The van der Waals surface area contributed by atoms with Crippen LogP contribution in [0.2, 0.25) is 0 Å². The molecule has 26 heavy (non-hydrogen) atoms. The largest absolute Gasteiger partial charge is 0.329 e. The fourth-order valence-corrected chi connectivity index (χ4v) is 5.80. The summed E-state index contributed by atoms with van der Waals surface area (Å²) in [6.07, 6.45) is 3.67. The van der Waals surface area contributed by atoms with Gasteiger partial charge in [0.2, 0.25) is 20.0 Å². The summed E-state index contributed by atoms with van der Waals surface area (Å²) in [5.41, 5.74) is 4.75. The zero-order valence-electron chi connectivity index (χ0n) is 15.1. The van der Waals surface area contributed by atoms with E-state index in [2.05, 4.69) is 4.72 Å². The van der Waals surface area contributed by atoms with Gasteiger partial charge in [-0.05, 0) is 44.9 Å². The smallest absolute Gasteiger partial charge is 0.243 e. The molecule has 0 aromatic heterocycles. The lowest BCUT2D eigenvalue weighted by molar-refractivity contribution is 0.423. The summed E-state index contributed by atoms with van der Waals surface area (Å²) in [6.45, 7) is 4.40. The van der Waals surface area contributed by atoms with Gasteiger partial charge in [-0.15, -0.1) is 12.4 Å². The molecule has 0 saturated carbocycles. The molecule has 1 aliphatic heterocycles. The van der Waals surface area contributed by atoms with Crippen molar-refractivity contribution in [3.05, 3.63) is 24.3 Å². The van der Waals surface area contributed by atoms with Gasteiger partial charge in [0.1, 0.15) is 0 Å². The van der Waals surface area contributed by atoms with Crippen LogP contribution in [0.25, 0.3) is 0 Å². The Bertz CT molecular complexity index is 803. The van der Waals surface area contributed by atoms with Crippen molar-refractivity contribution in [3.8, 4) is 0 Å². The minimum Gasteiger partial charge on any atom is -0.329 e. The van der Waals surface area contributed by atoms with Gasteiger partial charge in [-0.1, -0.05) is 18.9 Å². The number of halogens is 1. The third kappa shape index (κ3) is 5.64. The number of hydrogen-bond donors (Lipinski definition) is 2. The Balaban J connectivity index is 0.00000338. The summed E-state index contributed by atoms with van der Waals surface area (Å²) < 4.78 is 54.7. The maximum absolute atomic E-state index is 12.9. The third-order valence-corrected chi connectivity index (χ3v) is 7.83. The van der Waals surface area contributed by atoms with Crippen LogP contribution in [0, 0.1) is 0 Å².